The minimum absolute atomic E-state index is 0.234. The third kappa shape index (κ3) is 3.17. The second kappa shape index (κ2) is 4.38. The average Bonchev–Trinajstić information content (AvgIpc) is 2.08. The molecule has 1 aromatic heterocycles. The number of carbonyl (C=O) groups excluding carboxylic acids is 1. The van der Waals surface area contributed by atoms with Crippen molar-refractivity contribution in [1.82, 2.24) is 9.29 Å². The molecule has 0 spiro atoms. The SMILES string of the molecule is Cn1cc(Br)cc(C(=O)NS(C)(=O)=O)c1=O. The van der Waals surface area contributed by atoms with Crippen molar-refractivity contribution < 1.29 is 13.2 Å². The minimum atomic E-state index is -3.68. The van der Waals surface area contributed by atoms with Gasteiger partial charge in [0.05, 0.1) is 6.26 Å². The van der Waals surface area contributed by atoms with Gasteiger partial charge in [0.25, 0.3) is 11.5 Å². The van der Waals surface area contributed by atoms with Gasteiger partial charge in [0.15, 0.2) is 0 Å². The standard InChI is InChI=1S/C8H9BrN2O4S/c1-11-4-5(9)3-6(8(11)13)7(12)10-16(2,14)15/h3-4H,1-2H3,(H,10,12). The number of nitrogens with zero attached hydrogens (tertiary/aromatic N) is 1. The van der Waals surface area contributed by atoms with E-state index in [-0.39, 0.29) is 5.56 Å². The molecule has 0 aliphatic heterocycles. The first kappa shape index (κ1) is 12.9. The van der Waals surface area contributed by atoms with E-state index in [1.807, 2.05) is 0 Å². The van der Waals surface area contributed by atoms with E-state index in [9.17, 15) is 18.0 Å². The van der Waals surface area contributed by atoms with Crippen molar-refractivity contribution in [2.75, 3.05) is 6.26 Å². The van der Waals surface area contributed by atoms with Gasteiger partial charge in [0.1, 0.15) is 5.56 Å². The number of amides is 1. The molecule has 0 saturated heterocycles. The summed E-state index contributed by atoms with van der Waals surface area (Å²) in [4.78, 5) is 23.0. The zero-order valence-electron chi connectivity index (χ0n) is 8.52. The summed E-state index contributed by atoms with van der Waals surface area (Å²) in [6, 6.07) is 1.27. The van der Waals surface area contributed by atoms with E-state index in [4.69, 9.17) is 0 Å². The third-order valence-corrected chi connectivity index (χ3v) is 2.66. The van der Waals surface area contributed by atoms with Gasteiger partial charge in [0, 0.05) is 17.7 Å². The maximum Gasteiger partial charge on any atom is 0.270 e. The quantitative estimate of drug-likeness (QED) is 0.822. The van der Waals surface area contributed by atoms with E-state index >= 15 is 0 Å². The molecule has 1 heterocycles. The molecule has 6 nitrogen and oxygen atoms in total. The maximum atomic E-state index is 11.5. The Morgan fingerprint density at radius 3 is 2.56 bits per heavy atom. The van der Waals surface area contributed by atoms with Crippen molar-refractivity contribution in [3.8, 4) is 0 Å². The van der Waals surface area contributed by atoms with Crippen LogP contribution >= 0.6 is 15.9 Å². The Morgan fingerprint density at radius 2 is 2.06 bits per heavy atom. The number of hydrogen-bond acceptors (Lipinski definition) is 4. The summed E-state index contributed by atoms with van der Waals surface area (Å²) in [6.07, 6.45) is 2.31. The predicted octanol–water partition coefficient (Wildman–Crippen LogP) is -0.163. The first-order valence-corrected chi connectivity index (χ1v) is 6.77. The number of hydrogen-bond donors (Lipinski definition) is 1. The average molecular weight is 309 g/mol. The summed E-state index contributed by atoms with van der Waals surface area (Å²) in [7, 11) is -2.21. The zero-order chi connectivity index (χ0) is 12.5. The van der Waals surface area contributed by atoms with Crippen molar-refractivity contribution in [3.63, 3.8) is 0 Å². The van der Waals surface area contributed by atoms with Gasteiger partial charge in [-0.15, -0.1) is 0 Å². The van der Waals surface area contributed by atoms with E-state index in [2.05, 4.69) is 15.9 Å². The number of nitrogens with one attached hydrogen (secondary N) is 1. The highest BCUT2D eigenvalue weighted by Gasteiger charge is 2.16. The molecule has 0 aliphatic carbocycles. The van der Waals surface area contributed by atoms with Crippen molar-refractivity contribution in [3.05, 3.63) is 32.7 Å². The van der Waals surface area contributed by atoms with E-state index in [1.165, 1.54) is 23.9 Å². The van der Waals surface area contributed by atoms with Crippen LogP contribution in [0.25, 0.3) is 0 Å². The molecule has 0 fully saturated rings. The fourth-order valence-electron chi connectivity index (χ4n) is 1.06. The van der Waals surface area contributed by atoms with Crippen LogP contribution in [-0.2, 0) is 17.1 Å². The Balaban J connectivity index is 3.25. The van der Waals surface area contributed by atoms with Crippen LogP contribution in [0.3, 0.4) is 0 Å². The van der Waals surface area contributed by atoms with Crippen molar-refractivity contribution in [1.29, 1.82) is 0 Å². The molecule has 0 aromatic carbocycles. The number of carbonyl (C=O) groups is 1. The van der Waals surface area contributed by atoms with E-state index in [0.717, 1.165) is 6.26 Å². The van der Waals surface area contributed by atoms with Crippen LogP contribution in [0.1, 0.15) is 10.4 Å². The van der Waals surface area contributed by atoms with Crippen molar-refractivity contribution in [2.24, 2.45) is 7.05 Å². The van der Waals surface area contributed by atoms with Crippen LogP contribution < -0.4 is 10.3 Å². The normalized spacial score (nSPS) is 11.2. The van der Waals surface area contributed by atoms with Crippen LogP contribution in [0.4, 0.5) is 0 Å². The van der Waals surface area contributed by atoms with Crippen LogP contribution in [0.15, 0.2) is 21.5 Å². The monoisotopic (exact) mass is 308 g/mol. The molecule has 0 atom stereocenters. The molecule has 0 saturated carbocycles. The maximum absolute atomic E-state index is 11.5. The molecule has 1 amide bonds. The molecule has 0 aliphatic rings. The topological polar surface area (TPSA) is 85.2 Å². The highest BCUT2D eigenvalue weighted by atomic mass is 79.9. The molecule has 16 heavy (non-hydrogen) atoms. The summed E-state index contributed by atoms with van der Waals surface area (Å²) in [5.74, 6) is -0.940. The number of rotatable bonds is 2. The molecule has 1 N–H and O–H groups in total. The minimum Gasteiger partial charge on any atom is -0.317 e. The van der Waals surface area contributed by atoms with Gasteiger partial charge in [-0.3, -0.25) is 9.59 Å². The smallest absolute Gasteiger partial charge is 0.270 e. The Hall–Kier alpha value is -1.15. The number of sulfonamides is 1. The summed E-state index contributed by atoms with van der Waals surface area (Å²) < 4.78 is 25.1. The lowest BCUT2D eigenvalue weighted by Crippen LogP contribution is -2.35. The number of halogens is 1. The third-order valence-electron chi connectivity index (χ3n) is 1.67. The molecular formula is C8H9BrN2O4S. The molecule has 88 valence electrons. The largest absolute Gasteiger partial charge is 0.317 e. The van der Waals surface area contributed by atoms with Gasteiger partial charge in [0.2, 0.25) is 10.0 Å². The number of aromatic nitrogens is 1. The van der Waals surface area contributed by atoms with E-state index in [1.54, 1.807) is 4.72 Å². The highest BCUT2D eigenvalue weighted by Crippen LogP contribution is 2.08. The van der Waals surface area contributed by atoms with E-state index < -0.39 is 21.5 Å². The second-order valence-corrected chi connectivity index (χ2v) is 5.86. The van der Waals surface area contributed by atoms with Gasteiger partial charge < -0.3 is 4.57 Å². The lowest BCUT2D eigenvalue weighted by molar-refractivity contribution is 0.0979. The summed E-state index contributed by atoms with van der Waals surface area (Å²) >= 11 is 3.11. The van der Waals surface area contributed by atoms with Crippen LogP contribution in [-0.4, -0.2) is 25.1 Å². The summed E-state index contributed by atoms with van der Waals surface area (Å²) in [5, 5.41) is 0. The Kier molecular flexibility index (Phi) is 3.54. The summed E-state index contributed by atoms with van der Waals surface area (Å²) in [5.41, 5.74) is -0.799. The molecule has 8 heteroatoms. The van der Waals surface area contributed by atoms with Crippen molar-refractivity contribution in [2.45, 2.75) is 0 Å². The van der Waals surface area contributed by atoms with Gasteiger partial charge in [-0.2, -0.15) is 0 Å². The molecule has 1 rings (SSSR count). The lowest BCUT2D eigenvalue weighted by Gasteiger charge is -2.04. The molecular weight excluding hydrogens is 300 g/mol. The fourth-order valence-corrected chi connectivity index (χ4v) is 2.04. The molecule has 0 radical (unpaired) electrons. The first-order valence-electron chi connectivity index (χ1n) is 4.09. The van der Waals surface area contributed by atoms with Gasteiger partial charge >= 0.3 is 0 Å². The van der Waals surface area contributed by atoms with Crippen LogP contribution in [0.2, 0.25) is 0 Å². The Bertz CT molecular complexity index is 591. The Morgan fingerprint density at radius 1 is 1.50 bits per heavy atom. The number of pyridine rings is 1. The summed E-state index contributed by atoms with van der Waals surface area (Å²) in [6.45, 7) is 0. The second-order valence-electron chi connectivity index (χ2n) is 3.19. The first-order chi connectivity index (χ1) is 7.20. The van der Waals surface area contributed by atoms with Gasteiger partial charge in [-0.25, -0.2) is 13.1 Å². The van der Waals surface area contributed by atoms with E-state index in [0.29, 0.717) is 4.47 Å². The molecule has 0 unspecified atom stereocenters. The van der Waals surface area contributed by atoms with Crippen LogP contribution in [0, 0.1) is 0 Å². The Labute approximate surface area is 100 Å². The van der Waals surface area contributed by atoms with Gasteiger partial charge in [-0.05, 0) is 22.0 Å². The molecule has 0 bridgehead atoms. The van der Waals surface area contributed by atoms with Crippen LogP contribution in [0.5, 0.6) is 0 Å². The van der Waals surface area contributed by atoms with Crippen molar-refractivity contribution >= 4 is 31.9 Å². The number of aryl methyl sites for hydroxylation is 1. The predicted molar refractivity (Wildman–Crippen MR) is 61.7 cm³/mol. The zero-order valence-corrected chi connectivity index (χ0v) is 10.9. The highest BCUT2D eigenvalue weighted by molar-refractivity contribution is 9.10. The fraction of sp³-hybridized carbons (Fsp3) is 0.250. The lowest BCUT2D eigenvalue weighted by atomic mass is 10.3. The molecule has 1 aromatic rings. The van der Waals surface area contributed by atoms with Gasteiger partial charge in [-0.1, -0.05) is 0 Å².